The average molecular weight is 352 g/mol. The molecule has 0 unspecified atom stereocenters. The molecule has 2 aromatic carbocycles. The lowest BCUT2D eigenvalue weighted by Gasteiger charge is -2.30. The molecule has 0 radical (unpaired) electrons. The number of nitrogens with zero attached hydrogens (tertiary/aromatic N) is 2. The zero-order chi connectivity index (χ0) is 19.3. The third kappa shape index (κ3) is 3.62. The van der Waals surface area contributed by atoms with E-state index in [4.69, 9.17) is 0 Å². The van der Waals surface area contributed by atoms with Crippen LogP contribution in [0, 0.1) is 0 Å². The smallest absolute Gasteiger partial charge is 0.194 e. The second-order valence-electron chi connectivity index (χ2n) is 9.27. The Kier molecular flexibility index (Phi) is 4.37. The molecule has 3 rings (SSSR count). The van der Waals surface area contributed by atoms with Crippen LogP contribution in [0.2, 0.25) is 0 Å². The second kappa shape index (κ2) is 6.15. The third-order valence-electron chi connectivity index (χ3n) is 4.53. The van der Waals surface area contributed by atoms with Crippen molar-refractivity contribution >= 4 is 11.6 Å². The van der Waals surface area contributed by atoms with Gasteiger partial charge in [-0.2, -0.15) is 0 Å². The van der Waals surface area contributed by atoms with E-state index in [1.54, 1.807) is 12.1 Å². The molecule has 1 aliphatic rings. The first-order valence-electron chi connectivity index (χ1n) is 8.91. The summed E-state index contributed by atoms with van der Waals surface area (Å²) in [7, 11) is 12.8. The fourth-order valence-electron chi connectivity index (χ4n) is 3.55. The number of rotatable bonds is 4. The molecule has 4 nitrogen and oxygen atoms in total. The summed E-state index contributed by atoms with van der Waals surface area (Å²) in [4.78, 5) is 26.0. The van der Waals surface area contributed by atoms with Crippen LogP contribution < -0.4 is 0 Å². The van der Waals surface area contributed by atoms with Crippen molar-refractivity contribution in [2.75, 3.05) is 42.3 Å². The highest BCUT2D eigenvalue weighted by Crippen LogP contribution is 2.31. The van der Waals surface area contributed by atoms with Gasteiger partial charge in [-0.15, -0.1) is 0 Å². The van der Waals surface area contributed by atoms with Crippen LogP contribution in [0.25, 0.3) is 0 Å². The Morgan fingerprint density at radius 2 is 0.962 bits per heavy atom. The molecule has 0 bridgehead atoms. The molecule has 0 atom stereocenters. The van der Waals surface area contributed by atoms with Crippen molar-refractivity contribution in [3.8, 4) is 0 Å². The lowest BCUT2D eigenvalue weighted by molar-refractivity contribution is -0.887. The first-order valence-corrected chi connectivity index (χ1v) is 8.91. The minimum Gasteiger partial charge on any atom is -0.327 e. The predicted octanol–water partition coefficient (Wildman–Crippen LogP) is 2.87. The molecule has 2 aromatic rings. The van der Waals surface area contributed by atoms with Gasteiger partial charge in [-0.25, -0.2) is 0 Å². The number of quaternary nitrogens is 2. The van der Waals surface area contributed by atoms with E-state index in [2.05, 4.69) is 42.3 Å². The third-order valence-corrected chi connectivity index (χ3v) is 4.53. The number of carbonyl (C=O) groups excluding carboxylic acids is 2. The summed E-state index contributed by atoms with van der Waals surface area (Å²) in [5.74, 6) is -0.0932. The topological polar surface area (TPSA) is 34.1 Å². The maximum atomic E-state index is 13.0. The first-order chi connectivity index (χ1) is 12.0. The minimum atomic E-state index is -0.0466. The Hall–Kier alpha value is -2.30. The number of carbonyl (C=O) groups is 2. The largest absolute Gasteiger partial charge is 0.327 e. The van der Waals surface area contributed by atoms with Gasteiger partial charge in [-0.3, -0.25) is 9.59 Å². The van der Waals surface area contributed by atoms with E-state index in [-0.39, 0.29) is 11.6 Å². The summed E-state index contributed by atoms with van der Waals surface area (Å²) in [6.45, 7) is 1.62. The zero-order valence-corrected chi connectivity index (χ0v) is 16.6. The predicted molar refractivity (Wildman–Crippen MR) is 103 cm³/mol. The van der Waals surface area contributed by atoms with Crippen LogP contribution in [0.3, 0.4) is 0 Å². The van der Waals surface area contributed by atoms with Crippen molar-refractivity contribution < 1.29 is 18.6 Å². The van der Waals surface area contributed by atoms with Gasteiger partial charge in [0.2, 0.25) is 0 Å². The van der Waals surface area contributed by atoms with E-state index in [1.165, 1.54) is 0 Å². The normalized spacial score (nSPS) is 14.2. The van der Waals surface area contributed by atoms with E-state index in [9.17, 15) is 9.59 Å². The Bertz CT molecular complexity index is 825. The van der Waals surface area contributed by atoms with Crippen molar-refractivity contribution in [3.05, 3.63) is 69.8 Å². The quantitative estimate of drug-likeness (QED) is 0.677. The molecule has 0 aromatic heterocycles. The highest BCUT2D eigenvalue weighted by atomic mass is 16.1. The zero-order valence-electron chi connectivity index (χ0n) is 16.6. The Labute approximate surface area is 155 Å². The van der Waals surface area contributed by atoms with Gasteiger partial charge >= 0.3 is 0 Å². The van der Waals surface area contributed by atoms with Crippen LogP contribution in [0.15, 0.2) is 36.4 Å². The lowest BCUT2D eigenvalue weighted by Crippen LogP contribution is -2.37. The van der Waals surface area contributed by atoms with Crippen LogP contribution in [0.4, 0.5) is 0 Å². The van der Waals surface area contributed by atoms with Gasteiger partial charge in [-0.1, -0.05) is 24.3 Å². The second-order valence-corrected chi connectivity index (χ2v) is 9.27. The molecule has 0 N–H and O–H groups in total. The molecule has 0 aliphatic heterocycles. The summed E-state index contributed by atoms with van der Waals surface area (Å²) in [5.41, 5.74) is 4.40. The van der Waals surface area contributed by atoms with Gasteiger partial charge in [0.25, 0.3) is 0 Å². The monoisotopic (exact) mass is 352 g/mol. The molecule has 0 amide bonds. The minimum absolute atomic E-state index is 0.0466. The number of hydrogen-bond donors (Lipinski definition) is 0. The number of fused-ring (bicyclic) bond motifs is 2. The highest BCUT2D eigenvalue weighted by Gasteiger charge is 2.32. The molecular formula is C22H28N2O2+2. The standard InChI is InChI=1S/C22H28N2O2/c1-23(2,3)13-15-11-19-20(12-16(15)14-24(4,5)6)22(26)18-10-8-7-9-17(18)21(19)25/h7-12H,13-14H2,1-6H3/q+2. The molecule has 1 aliphatic carbocycles. The van der Waals surface area contributed by atoms with Crippen LogP contribution in [0.1, 0.15) is 43.0 Å². The molecule has 26 heavy (non-hydrogen) atoms. The van der Waals surface area contributed by atoms with E-state index in [1.807, 2.05) is 24.3 Å². The number of ketones is 2. The van der Waals surface area contributed by atoms with Crippen molar-refractivity contribution in [2.45, 2.75) is 13.1 Å². The first kappa shape index (κ1) is 18.5. The Morgan fingerprint density at radius 1 is 0.615 bits per heavy atom. The SMILES string of the molecule is C[N+](C)(C)Cc1cc2c(cc1C[N+](C)(C)C)C(=O)c1ccccc1C2=O. The lowest BCUT2D eigenvalue weighted by atomic mass is 9.82. The van der Waals surface area contributed by atoms with Crippen LogP contribution in [0.5, 0.6) is 0 Å². The molecule has 4 heteroatoms. The molecule has 0 spiro atoms. The summed E-state index contributed by atoms with van der Waals surface area (Å²) >= 11 is 0. The summed E-state index contributed by atoms with van der Waals surface area (Å²) < 4.78 is 1.53. The fourth-order valence-corrected chi connectivity index (χ4v) is 3.55. The maximum absolute atomic E-state index is 13.0. The van der Waals surface area contributed by atoms with Gasteiger partial charge in [-0.05, 0) is 12.1 Å². The van der Waals surface area contributed by atoms with Crippen LogP contribution in [-0.4, -0.2) is 62.8 Å². The summed E-state index contributed by atoms with van der Waals surface area (Å²) in [5, 5.41) is 0. The van der Waals surface area contributed by atoms with Crippen molar-refractivity contribution in [3.63, 3.8) is 0 Å². The van der Waals surface area contributed by atoms with E-state index in [0.717, 1.165) is 33.2 Å². The Morgan fingerprint density at radius 3 is 1.27 bits per heavy atom. The van der Waals surface area contributed by atoms with E-state index in [0.29, 0.717) is 22.3 Å². The summed E-state index contributed by atoms with van der Waals surface area (Å²) in [6.07, 6.45) is 0. The van der Waals surface area contributed by atoms with Gasteiger partial charge in [0.15, 0.2) is 11.6 Å². The van der Waals surface area contributed by atoms with Crippen molar-refractivity contribution in [1.82, 2.24) is 0 Å². The van der Waals surface area contributed by atoms with E-state index >= 15 is 0 Å². The van der Waals surface area contributed by atoms with Crippen LogP contribution in [-0.2, 0) is 13.1 Å². The van der Waals surface area contributed by atoms with Gasteiger partial charge in [0, 0.05) is 33.4 Å². The number of benzene rings is 2. The molecule has 136 valence electrons. The van der Waals surface area contributed by atoms with Crippen molar-refractivity contribution in [1.29, 1.82) is 0 Å². The molecule has 0 saturated carbocycles. The maximum Gasteiger partial charge on any atom is 0.194 e. The van der Waals surface area contributed by atoms with Gasteiger partial charge in [0.05, 0.1) is 42.3 Å². The average Bonchev–Trinajstić information content (AvgIpc) is 2.51. The number of hydrogen-bond acceptors (Lipinski definition) is 2. The fraction of sp³-hybridized carbons (Fsp3) is 0.364. The molecule has 0 fully saturated rings. The van der Waals surface area contributed by atoms with Gasteiger partial charge < -0.3 is 8.97 Å². The molecule has 0 heterocycles. The Balaban J connectivity index is 2.19. The molecular weight excluding hydrogens is 324 g/mol. The van der Waals surface area contributed by atoms with E-state index < -0.39 is 0 Å². The molecule has 0 saturated heterocycles. The van der Waals surface area contributed by atoms with Gasteiger partial charge in [0.1, 0.15) is 13.1 Å². The van der Waals surface area contributed by atoms with Crippen molar-refractivity contribution in [2.24, 2.45) is 0 Å². The summed E-state index contributed by atoms with van der Waals surface area (Å²) in [6, 6.07) is 11.0. The van der Waals surface area contributed by atoms with Crippen LogP contribution >= 0.6 is 0 Å². The highest BCUT2D eigenvalue weighted by molar-refractivity contribution is 6.28.